The summed E-state index contributed by atoms with van der Waals surface area (Å²) in [4.78, 5) is 11.5. The van der Waals surface area contributed by atoms with Crippen LogP contribution in [0.1, 0.15) is 18.4 Å². The number of pyridine rings is 2. The Labute approximate surface area is 135 Å². The fraction of sp³-hybridized carbons (Fsp3) is 0.529. The zero-order valence-electron chi connectivity index (χ0n) is 13.4. The van der Waals surface area contributed by atoms with Crippen molar-refractivity contribution in [1.29, 1.82) is 0 Å². The van der Waals surface area contributed by atoms with Crippen LogP contribution in [0.15, 0.2) is 18.3 Å². The normalized spacial score (nSPS) is 22.1. The quantitative estimate of drug-likeness (QED) is 0.922. The first-order chi connectivity index (χ1) is 11.2. The van der Waals surface area contributed by atoms with Crippen molar-refractivity contribution >= 4 is 11.0 Å². The summed E-state index contributed by atoms with van der Waals surface area (Å²) in [5.41, 5.74) is 8.90. The summed E-state index contributed by atoms with van der Waals surface area (Å²) in [6, 6.07) is 4.14. The number of hydrogen-bond acceptors (Lipinski definition) is 6. The Balaban J connectivity index is 1.53. The lowest BCUT2D eigenvalue weighted by atomic mass is 10.0. The van der Waals surface area contributed by atoms with Gasteiger partial charge >= 0.3 is 0 Å². The number of piperidine rings is 1. The van der Waals surface area contributed by atoms with Gasteiger partial charge in [-0.1, -0.05) is 0 Å². The van der Waals surface area contributed by atoms with E-state index in [1.165, 1.54) is 0 Å². The van der Waals surface area contributed by atoms with Crippen molar-refractivity contribution in [3.63, 3.8) is 0 Å². The van der Waals surface area contributed by atoms with Crippen molar-refractivity contribution in [1.82, 2.24) is 14.9 Å². The van der Waals surface area contributed by atoms with E-state index in [4.69, 9.17) is 15.2 Å². The van der Waals surface area contributed by atoms with Gasteiger partial charge in [0.05, 0.1) is 24.3 Å². The molecule has 2 aromatic rings. The second-order valence-corrected chi connectivity index (χ2v) is 6.40. The Bertz CT molecular complexity index is 713. The topological polar surface area (TPSA) is 73.5 Å². The maximum Gasteiger partial charge on any atom is 0.213 e. The number of rotatable bonds is 3. The minimum Gasteiger partial charge on any atom is -0.487 e. The molecule has 0 amide bonds. The van der Waals surface area contributed by atoms with Crippen molar-refractivity contribution in [2.45, 2.75) is 31.4 Å². The SMILES string of the molecule is COc1ccc2ncc3c(c2n1)CC(CN1CCC(N)CC1)O3. The highest BCUT2D eigenvalue weighted by Gasteiger charge is 2.29. The van der Waals surface area contributed by atoms with Crippen molar-refractivity contribution in [3.8, 4) is 11.6 Å². The van der Waals surface area contributed by atoms with E-state index in [-0.39, 0.29) is 6.10 Å². The van der Waals surface area contributed by atoms with Crippen LogP contribution < -0.4 is 15.2 Å². The maximum atomic E-state index is 6.10. The lowest BCUT2D eigenvalue weighted by molar-refractivity contribution is 0.128. The molecular weight excluding hydrogens is 292 g/mol. The molecule has 23 heavy (non-hydrogen) atoms. The minimum absolute atomic E-state index is 0.166. The van der Waals surface area contributed by atoms with Crippen LogP contribution in [0.5, 0.6) is 11.6 Å². The highest BCUT2D eigenvalue weighted by atomic mass is 16.5. The van der Waals surface area contributed by atoms with Crippen LogP contribution in [0, 0.1) is 0 Å². The molecule has 4 rings (SSSR count). The van der Waals surface area contributed by atoms with Gasteiger partial charge in [-0.3, -0.25) is 9.88 Å². The van der Waals surface area contributed by atoms with Gasteiger partial charge in [0.15, 0.2) is 0 Å². The van der Waals surface area contributed by atoms with E-state index < -0.39 is 0 Å². The molecule has 4 heterocycles. The number of methoxy groups -OCH3 is 1. The molecule has 6 heteroatoms. The summed E-state index contributed by atoms with van der Waals surface area (Å²) in [6.07, 6.45) is 5.00. The monoisotopic (exact) mass is 314 g/mol. The van der Waals surface area contributed by atoms with Crippen LogP contribution in [0.2, 0.25) is 0 Å². The number of aromatic nitrogens is 2. The largest absolute Gasteiger partial charge is 0.487 e. The Morgan fingerprint density at radius 2 is 2.17 bits per heavy atom. The zero-order valence-corrected chi connectivity index (χ0v) is 13.4. The van der Waals surface area contributed by atoms with Crippen molar-refractivity contribution < 1.29 is 9.47 Å². The molecule has 1 saturated heterocycles. The highest BCUT2D eigenvalue weighted by Crippen LogP contribution is 2.34. The van der Waals surface area contributed by atoms with E-state index in [0.29, 0.717) is 11.9 Å². The first-order valence-corrected chi connectivity index (χ1v) is 8.20. The van der Waals surface area contributed by atoms with E-state index >= 15 is 0 Å². The predicted octanol–water partition coefficient (Wildman–Crippen LogP) is 1.37. The summed E-state index contributed by atoms with van der Waals surface area (Å²) < 4.78 is 11.3. The molecule has 1 unspecified atom stereocenters. The predicted molar refractivity (Wildman–Crippen MR) is 87.9 cm³/mol. The number of nitrogens with zero attached hydrogens (tertiary/aromatic N) is 3. The van der Waals surface area contributed by atoms with Crippen LogP contribution in [0.3, 0.4) is 0 Å². The molecule has 0 aromatic carbocycles. The first kappa shape index (κ1) is 14.7. The number of nitrogens with two attached hydrogens (primary N) is 1. The molecule has 2 aromatic heterocycles. The number of likely N-dealkylation sites (tertiary alicyclic amines) is 1. The van der Waals surface area contributed by atoms with Crippen LogP contribution in [0.4, 0.5) is 0 Å². The Hall–Kier alpha value is -1.92. The second kappa shape index (κ2) is 5.94. The lowest BCUT2D eigenvalue weighted by Crippen LogP contribution is -2.43. The summed E-state index contributed by atoms with van der Waals surface area (Å²) in [6.45, 7) is 3.05. The van der Waals surface area contributed by atoms with Gasteiger partial charge in [-0.2, -0.15) is 0 Å². The Kier molecular flexibility index (Phi) is 3.79. The molecular formula is C17H22N4O2. The molecule has 0 spiro atoms. The molecule has 122 valence electrons. The minimum atomic E-state index is 0.166. The molecule has 1 fully saturated rings. The fourth-order valence-electron chi connectivity index (χ4n) is 3.47. The molecule has 0 saturated carbocycles. The third-order valence-corrected chi connectivity index (χ3v) is 4.78. The summed E-state index contributed by atoms with van der Waals surface area (Å²) in [7, 11) is 1.63. The van der Waals surface area contributed by atoms with Crippen LogP contribution in [-0.2, 0) is 6.42 Å². The van der Waals surface area contributed by atoms with Gasteiger partial charge < -0.3 is 15.2 Å². The van der Waals surface area contributed by atoms with Gasteiger partial charge in [0.1, 0.15) is 11.9 Å². The van der Waals surface area contributed by atoms with E-state index in [0.717, 1.165) is 61.2 Å². The Morgan fingerprint density at radius 1 is 1.35 bits per heavy atom. The average molecular weight is 314 g/mol. The van der Waals surface area contributed by atoms with Gasteiger partial charge in [0, 0.05) is 30.6 Å². The summed E-state index contributed by atoms with van der Waals surface area (Å²) in [5, 5.41) is 0. The molecule has 0 radical (unpaired) electrons. The highest BCUT2D eigenvalue weighted by molar-refractivity contribution is 5.81. The lowest BCUT2D eigenvalue weighted by Gasteiger charge is -2.31. The molecule has 0 bridgehead atoms. The van der Waals surface area contributed by atoms with Crippen molar-refractivity contribution in [2.24, 2.45) is 5.73 Å². The van der Waals surface area contributed by atoms with Crippen LogP contribution in [-0.4, -0.2) is 53.8 Å². The first-order valence-electron chi connectivity index (χ1n) is 8.20. The van der Waals surface area contributed by atoms with E-state index in [9.17, 15) is 0 Å². The molecule has 1 atom stereocenters. The fourth-order valence-corrected chi connectivity index (χ4v) is 3.47. The number of ether oxygens (including phenoxy) is 2. The zero-order chi connectivity index (χ0) is 15.8. The Morgan fingerprint density at radius 3 is 2.96 bits per heavy atom. The van der Waals surface area contributed by atoms with Crippen molar-refractivity contribution in [3.05, 3.63) is 23.9 Å². The van der Waals surface area contributed by atoms with Gasteiger partial charge in [-0.05, 0) is 32.0 Å². The number of fused-ring (bicyclic) bond motifs is 3. The van der Waals surface area contributed by atoms with Crippen molar-refractivity contribution in [2.75, 3.05) is 26.7 Å². The standard InChI is InChI=1S/C17H22N4O2/c1-22-16-3-2-14-17(20-16)13-8-12(23-15(13)9-19-14)10-21-6-4-11(18)5-7-21/h2-3,9,11-12H,4-8,10,18H2,1H3. The van der Waals surface area contributed by atoms with Crippen LogP contribution in [0.25, 0.3) is 11.0 Å². The van der Waals surface area contributed by atoms with Crippen LogP contribution >= 0.6 is 0 Å². The molecule has 2 aliphatic rings. The maximum absolute atomic E-state index is 6.10. The van der Waals surface area contributed by atoms with E-state index in [1.807, 2.05) is 18.3 Å². The van der Waals surface area contributed by atoms with Gasteiger partial charge in [-0.25, -0.2) is 4.98 Å². The third kappa shape index (κ3) is 2.84. The van der Waals surface area contributed by atoms with Gasteiger partial charge in [0.25, 0.3) is 0 Å². The summed E-state index contributed by atoms with van der Waals surface area (Å²) >= 11 is 0. The molecule has 2 N–H and O–H groups in total. The summed E-state index contributed by atoms with van der Waals surface area (Å²) in [5.74, 6) is 1.47. The smallest absolute Gasteiger partial charge is 0.213 e. The molecule has 6 nitrogen and oxygen atoms in total. The third-order valence-electron chi connectivity index (χ3n) is 4.78. The van der Waals surface area contributed by atoms with E-state index in [1.54, 1.807) is 7.11 Å². The average Bonchev–Trinajstić information content (AvgIpc) is 2.99. The van der Waals surface area contributed by atoms with Gasteiger partial charge in [0.2, 0.25) is 5.88 Å². The van der Waals surface area contributed by atoms with E-state index in [2.05, 4.69) is 14.9 Å². The second-order valence-electron chi connectivity index (χ2n) is 6.40. The molecule has 2 aliphatic heterocycles. The number of hydrogen-bond donors (Lipinski definition) is 1. The van der Waals surface area contributed by atoms with Gasteiger partial charge in [-0.15, -0.1) is 0 Å². The molecule has 0 aliphatic carbocycles.